The lowest BCUT2D eigenvalue weighted by molar-refractivity contribution is 0.584. The van der Waals surface area contributed by atoms with E-state index >= 15 is 0 Å². The van der Waals surface area contributed by atoms with Crippen LogP contribution in [0.1, 0.15) is 18.9 Å². The van der Waals surface area contributed by atoms with Crippen molar-refractivity contribution in [2.75, 3.05) is 0 Å². The third-order valence-corrected chi connectivity index (χ3v) is 5.15. The number of hydrogen-bond acceptors (Lipinski definition) is 3. The third kappa shape index (κ3) is 3.70. The van der Waals surface area contributed by atoms with Gasteiger partial charge in [0.05, 0.1) is 10.9 Å². The molecule has 0 spiro atoms. The summed E-state index contributed by atoms with van der Waals surface area (Å²) in [5.74, 6) is 0.388. The maximum atomic E-state index is 13.0. The SMILES string of the molecule is CCCn1c(SCc2ccc(F)cc2)nc2ccc(Br)cc2c1=O. The van der Waals surface area contributed by atoms with E-state index in [1.54, 1.807) is 16.7 Å². The van der Waals surface area contributed by atoms with E-state index in [2.05, 4.69) is 20.9 Å². The zero-order chi connectivity index (χ0) is 17.1. The van der Waals surface area contributed by atoms with Gasteiger partial charge in [0.1, 0.15) is 5.82 Å². The predicted molar refractivity (Wildman–Crippen MR) is 100.0 cm³/mol. The average molecular weight is 407 g/mol. The van der Waals surface area contributed by atoms with Crippen LogP contribution in [0.4, 0.5) is 4.39 Å². The smallest absolute Gasteiger partial charge is 0.262 e. The lowest BCUT2D eigenvalue weighted by Gasteiger charge is -2.12. The van der Waals surface area contributed by atoms with E-state index in [1.165, 1.54) is 23.9 Å². The fourth-order valence-electron chi connectivity index (χ4n) is 2.43. The van der Waals surface area contributed by atoms with Crippen molar-refractivity contribution < 1.29 is 4.39 Å². The third-order valence-electron chi connectivity index (χ3n) is 3.61. The summed E-state index contributed by atoms with van der Waals surface area (Å²) in [6.07, 6.45) is 0.852. The maximum Gasteiger partial charge on any atom is 0.262 e. The summed E-state index contributed by atoms with van der Waals surface area (Å²) in [6.45, 7) is 2.66. The zero-order valence-corrected chi connectivity index (χ0v) is 15.5. The van der Waals surface area contributed by atoms with E-state index in [1.807, 2.05) is 25.1 Å². The van der Waals surface area contributed by atoms with Gasteiger partial charge in [0.2, 0.25) is 0 Å². The molecule has 0 N–H and O–H groups in total. The number of fused-ring (bicyclic) bond motifs is 1. The van der Waals surface area contributed by atoms with Crippen molar-refractivity contribution in [3.05, 3.63) is 68.7 Å². The van der Waals surface area contributed by atoms with Gasteiger partial charge in [-0.3, -0.25) is 9.36 Å². The standard InChI is InChI=1S/C18H16BrFN2OS/c1-2-9-22-17(23)15-10-13(19)5-8-16(15)21-18(22)24-11-12-3-6-14(20)7-4-12/h3-8,10H,2,9,11H2,1H3. The van der Waals surface area contributed by atoms with Gasteiger partial charge in [-0.1, -0.05) is 46.7 Å². The molecule has 0 aliphatic heterocycles. The second-order valence-corrected chi connectivity index (χ2v) is 7.29. The summed E-state index contributed by atoms with van der Waals surface area (Å²) in [6, 6.07) is 11.9. The van der Waals surface area contributed by atoms with Gasteiger partial charge in [0, 0.05) is 16.8 Å². The quantitative estimate of drug-likeness (QED) is 0.441. The largest absolute Gasteiger partial charge is 0.287 e. The molecule has 24 heavy (non-hydrogen) atoms. The monoisotopic (exact) mass is 406 g/mol. The van der Waals surface area contributed by atoms with E-state index in [9.17, 15) is 9.18 Å². The van der Waals surface area contributed by atoms with Crippen LogP contribution in [0.2, 0.25) is 0 Å². The molecule has 0 saturated carbocycles. The molecule has 0 fully saturated rings. The molecule has 0 aliphatic carbocycles. The van der Waals surface area contributed by atoms with Gasteiger partial charge in [-0.05, 0) is 42.3 Å². The van der Waals surface area contributed by atoms with Crippen molar-refractivity contribution >= 4 is 38.6 Å². The maximum absolute atomic E-state index is 13.0. The highest BCUT2D eigenvalue weighted by molar-refractivity contribution is 9.10. The van der Waals surface area contributed by atoms with E-state index in [4.69, 9.17) is 0 Å². The van der Waals surface area contributed by atoms with Crippen molar-refractivity contribution in [1.82, 2.24) is 9.55 Å². The summed E-state index contributed by atoms with van der Waals surface area (Å²) in [7, 11) is 0. The first kappa shape index (κ1) is 17.2. The number of halogens is 2. The van der Waals surface area contributed by atoms with Crippen LogP contribution in [0.25, 0.3) is 10.9 Å². The minimum atomic E-state index is -0.249. The van der Waals surface area contributed by atoms with Crippen LogP contribution >= 0.6 is 27.7 Å². The molecule has 3 rings (SSSR count). The minimum absolute atomic E-state index is 0.0234. The summed E-state index contributed by atoms with van der Waals surface area (Å²) in [5.41, 5.74) is 1.66. The molecule has 1 heterocycles. The van der Waals surface area contributed by atoms with Crippen LogP contribution in [0, 0.1) is 5.82 Å². The molecule has 3 aromatic rings. The molecule has 0 amide bonds. The van der Waals surface area contributed by atoms with E-state index < -0.39 is 0 Å². The molecule has 1 aromatic heterocycles. The Kier molecular flexibility index (Phi) is 5.36. The molecule has 0 bridgehead atoms. The van der Waals surface area contributed by atoms with Crippen molar-refractivity contribution in [3.8, 4) is 0 Å². The Labute approximate surface area is 152 Å². The Hall–Kier alpha value is -1.66. The number of rotatable bonds is 5. The summed E-state index contributed by atoms with van der Waals surface area (Å²) < 4.78 is 15.6. The summed E-state index contributed by atoms with van der Waals surface area (Å²) in [4.78, 5) is 17.4. The topological polar surface area (TPSA) is 34.9 Å². The lowest BCUT2D eigenvalue weighted by Crippen LogP contribution is -2.23. The molecule has 3 nitrogen and oxygen atoms in total. The van der Waals surface area contributed by atoms with Gasteiger partial charge in [-0.25, -0.2) is 9.37 Å². The summed E-state index contributed by atoms with van der Waals surface area (Å²) >= 11 is 4.90. The number of thioether (sulfide) groups is 1. The zero-order valence-electron chi connectivity index (χ0n) is 13.1. The van der Waals surface area contributed by atoms with Gasteiger partial charge >= 0.3 is 0 Å². The van der Waals surface area contributed by atoms with Crippen molar-refractivity contribution in [2.45, 2.75) is 30.8 Å². The van der Waals surface area contributed by atoms with Gasteiger partial charge in [-0.2, -0.15) is 0 Å². The molecule has 2 aromatic carbocycles. The van der Waals surface area contributed by atoms with Crippen LogP contribution < -0.4 is 5.56 Å². The molecular formula is C18H16BrFN2OS. The Bertz CT molecular complexity index is 925. The predicted octanol–water partition coefficient (Wildman–Crippen LogP) is 5.00. The second kappa shape index (κ2) is 7.49. The minimum Gasteiger partial charge on any atom is -0.287 e. The van der Waals surface area contributed by atoms with Gasteiger partial charge < -0.3 is 0 Å². The fraction of sp³-hybridized carbons (Fsp3) is 0.222. The number of nitrogens with zero attached hydrogens (tertiary/aromatic N) is 2. The molecule has 6 heteroatoms. The van der Waals surface area contributed by atoms with Crippen molar-refractivity contribution in [1.29, 1.82) is 0 Å². The molecule has 0 unspecified atom stereocenters. The Balaban J connectivity index is 1.99. The van der Waals surface area contributed by atoms with E-state index in [0.717, 1.165) is 16.5 Å². The normalized spacial score (nSPS) is 11.1. The van der Waals surface area contributed by atoms with Crippen LogP contribution in [0.5, 0.6) is 0 Å². The Morgan fingerprint density at radius 2 is 1.96 bits per heavy atom. The van der Waals surface area contributed by atoms with Crippen molar-refractivity contribution in [2.24, 2.45) is 0 Å². The first-order valence-electron chi connectivity index (χ1n) is 7.66. The fourth-order valence-corrected chi connectivity index (χ4v) is 3.77. The summed E-state index contributed by atoms with van der Waals surface area (Å²) in [5, 5.41) is 1.31. The van der Waals surface area contributed by atoms with Gasteiger partial charge in [-0.15, -0.1) is 0 Å². The molecule has 0 saturated heterocycles. The van der Waals surface area contributed by atoms with Crippen LogP contribution in [-0.2, 0) is 12.3 Å². The average Bonchev–Trinajstić information content (AvgIpc) is 2.58. The first-order valence-corrected chi connectivity index (χ1v) is 9.43. The van der Waals surface area contributed by atoms with Gasteiger partial charge in [0.15, 0.2) is 5.16 Å². The molecule has 0 radical (unpaired) electrons. The number of aromatic nitrogens is 2. The Morgan fingerprint density at radius 1 is 1.21 bits per heavy atom. The highest BCUT2D eigenvalue weighted by atomic mass is 79.9. The van der Waals surface area contributed by atoms with Crippen molar-refractivity contribution in [3.63, 3.8) is 0 Å². The van der Waals surface area contributed by atoms with Crippen LogP contribution in [0.15, 0.2) is 56.9 Å². The lowest BCUT2D eigenvalue weighted by atomic mass is 10.2. The highest BCUT2D eigenvalue weighted by Gasteiger charge is 2.11. The van der Waals surface area contributed by atoms with Crippen LogP contribution in [-0.4, -0.2) is 9.55 Å². The molecule has 0 atom stereocenters. The Morgan fingerprint density at radius 3 is 2.67 bits per heavy atom. The number of benzene rings is 2. The first-order chi connectivity index (χ1) is 11.6. The van der Waals surface area contributed by atoms with E-state index in [-0.39, 0.29) is 11.4 Å². The van der Waals surface area contributed by atoms with Gasteiger partial charge in [0.25, 0.3) is 5.56 Å². The number of hydrogen-bond donors (Lipinski definition) is 0. The molecular weight excluding hydrogens is 391 g/mol. The highest BCUT2D eigenvalue weighted by Crippen LogP contribution is 2.24. The van der Waals surface area contributed by atoms with Crippen LogP contribution in [0.3, 0.4) is 0 Å². The molecule has 124 valence electrons. The van der Waals surface area contributed by atoms with E-state index in [0.29, 0.717) is 28.4 Å². The second-order valence-electron chi connectivity index (χ2n) is 5.43. The molecule has 0 aliphatic rings.